The number of hydrogen-bond acceptors (Lipinski definition) is 3. The molecule has 0 rings (SSSR count). The van der Waals surface area contributed by atoms with Gasteiger partial charge in [-0.3, -0.25) is 0 Å². The van der Waals surface area contributed by atoms with Crippen LogP contribution in [-0.4, -0.2) is 0 Å². The van der Waals surface area contributed by atoms with Crippen LogP contribution in [-0.2, 0) is 39.0 Å². The van der Waals surface area contributed by atoms with Crippen LogP contribution in [0.15, 0.2) is 0 Å². The third-order valence-corrected chi connectivity index (χ3v) is 1.90. The predicted octanol–water partition coefficient (Wildman–Crippen LogP) is -0.361. The van der Waals surface area contributed by atoms with Gasteiger partial charge in [0.25, 0.3) is 0 Å². The van der Waals surface area contributed by atoms with E-state index in [4.69, 9.17) is 0 Å². The summed E-state index contributed by atoms with van der Waals surface area (Å²) >= 11 is -4.89. The quantitative estimate of drug-likeness (QED) is 0.612. The van der Waals surface area contributed by atoms with E-state index in [-0.39, 0.29) is 0 Å². The topological polar surface area (TPSA) is 51.2 Å². The zero-order valence-corrected chi connectivity index (χ0v) is 6.04. The number of hydrogen-bond donors (Lipinski definition) is 0. The first-order chi connectivity index (χ1) is 2.27. The van der Waals surface area contributed by atoms with Crippen LogP contribution in [0.2, 0.25) is 0 Å². The fraction of sp³-hybridized carbons (Fsp3) is 0. The predicted molar refractivity (Wildman–Crippen MR) is 2.06 cm³/mol. The van der Waals surface area contributed by atoms with E-state index in [9.17, 15) is 10.7 Å². The van der Waals surface area contributed by atoms with E-state index < -0.39 is 28.3 Å². The van der Waals surface area contributed by atoms with Crippen LogP contribution in [0.25, 0.3) is 0 Å². The molecule has 0 amide bonds. The van der Waals surface area contributed by atoms with Gasteiger partial charge in [-0.25, -0.2) is 0 Å². The Hall–Kier alpha value is 0.673. The van der Waals surface area contributed by atoms with E-state index in [1.165, 1.54) is 0 Å². The third kappa shape index (κ3) is 4.67. The van der Waals surface area contributed by atoms with Crippen LogP contribution in [0.5, 0.6) is 0 Å². The van der Waals surface area contributed by atoms with E-state index in [2.05, 4.69) is 0 Å². The summed E-state index contributed by atoms with van der Waals surface area (Å²) in [7, 11) is 0. The maximum absolute atomic E-state index is 9.23. The molecular formula is IrO3Ru. The molecule has 0 saturated heterocycles. The Bertz CT molecular complexity index is 83.1. The molecule has 5 heavy (non-hydrogen) atoms. The summed E-state index contributed by atoms with van der Waals surface area (Å²) in [4.78, 5) is 0. The first-order valence-electron chi connectivity index (χ1n) is 0.543. The van der Waals surface area contributed by atoms with Gasteiger partial charge in [0, 0.05) is 0 Å². The maximum atomic E-state index is 9.23. The Morgan fingerprint density at radius 2 is 1.60 bits per heavy atom. The fourth-order valence-electron chi connectivity index (χ4n) is 0. The molecule has 0 aliphatic heterocycles. The Morgan fingerprint density at radius 1 is 1.40 bits per heavy atom. The Kier molecular flexibility index (Phi) is 3.28. The molecule has 0 aliphatic carbocycles. The molecule has 0 fully saturated rings. The second-order valence-corrected chi connectivity index (χ2v) is 7.34. The second kappa shape index (κ2) is 2.89. The van der Waals surface area contributed by atoms with Gasteiger partial charge in [0.1, 0.15) is 0 Å². The SMILES string of the molecule is [O]=[Ir][Ru](=[O])=[O]. The fourth-order valence-corrected chi connectivity index (χ4v) is 0. The van der Waals surface area contributed by atoms with Crippen molar-refractivity contribution in [2.24, 2.45) is 0 Å². The van der Waals surface area contributed by atoms with Crippen molar-refractivity contribution in [3.05, 3.63) is 0 Å². The average Bonchev–Trinajstić information content (AvgIpc) is 1.38. The summed E-state index contributed by atoms with van der Waals surface area (Å²) in [6, 6.07) is 0. The van der Waals surface area contributed by atoms with Crippen molar-refractivity contribution in [3.63, 3.8) is 0 Å². The molecule has 0 radical (unpaired) electrons. The second-order valence-electron chi connectivity index (χ2n) is 0.203. The van der Waals surface area contributed by atoms with Crippen LogP contribution >= 0.6 is 0 Å². The van der Waals surface area contributed by atoms with Gasteiger partial charge in [-0.1, -0.05) is 0 Å². The molecule has 35 valence electrons. The molecule has 0 aromatic carbocycles. The first kappa shape index (κ1) is 5.67. The minimum atomic E-state index is -3.11. The van der Waals surface area contributed by atoms with Crippen molar-refractivity contribution in [2.45, 2.75) is 0 Å². The molecule has 0 N–H and O–H groups in total. The van der Waals surface area contributed by atoms with Crippen LogP contribution in [0.4, 0.5) is 0 Å². The molecule has 0 aromatic rings. The molecular weight excluding hydrogens is 341 g/mol. The summed E-state index contributed by atoms with van der Waals surface area (Å²) < 4.78 is 27.6. The van der Waals surface area contributed by atoms with E-state index in [1.807, 2.05) is 0 Å². The van der Waals surface area contributed by atoms with Crippen LogP contribution in [0.1, 0.15) is 0 Å². The van der Waals surface area contributed by atoms with Gasteiger partial charge < -0.3 is 0 Å². The summed E-state index contributed by atoms with van der Waals surface area (Å²) in [6.45, 7) is 0. The molecule has 5 heteroatoms. The molecule has 0 bridgehead atoms. The molecule has 0 aliphatic rings. The standard InChI is InChI=1S/Ir.3O.Ru. The molecule has 0 atom stereocenters. The van der Waals surface area contributed by atoms with Gasteiger partial charge >= 0.3 is 39.0 Å². The van der Waals surface area contributed by atoms with Crippen LogP contribution in [0.3, 0.4) is 0 Å². The van der Waals surface area contributed by atoms with Crippen molar-refractivity contribution in [1.82, 2.24) is 0 Å². The van der Waals surface area contributed by atoms with Gasteiger partial charge in [0.2, 0.25) is 0 Å². The summed E-state index contributed by atoms with van der Waals surface area (Å²) in [5.74, 6) is 0. The zero-order valence-electron chi connectivity index (χ0n) is 1.91. The minimum absolute atomic E-state index is 1.77. The molecule has 3 nitrogen and oxygen atoms in total. The molecule has 0 aromatic heterocycles. The summed E-state index contributed by atoms with van der Waals surface area (Å²) in [5, 5.41) is 0. The van der Waals surface area contributed by atoms with Crippen molar-refractivity contribution in [2.75, 3.05) is 0 Å². The van der Waals surface area contributed by atoms with Crippen LogP contribution in [0, 0.1) is 0 Å². The Morgan fingerprint density at radius 3 is 1.60 bits per heavy atom. The zero-order chi connectivity index (χ0) is 4.28. The van der Waals surface area contributed by atoms with Crippen molar-refractivity contribution >= 4 is 0 Å². The summed E-state index contributed by atoms with van der Waals surface area (Å²) in [6.07, 6.45) is 0. The van der Waals surface area contributed by atoms with Gasteiger partial charge in [0.15, 0.2) is 0 Å². The Balaban J connectivity index is 3.69. The molecule has 0 unspecified atom stereocenters. The van der Waals surface area contributed by atoms with Crippen molar-refractivity contribution in [1.29, 1.82) is 0 Å². The van der Waals surface area contributed by atoms with E-state index in [0.717, 1.165) is 0 Å². The summed E-state index contributed by atoms with van der Waals surface area (Å²) in [5.41, 5.74) is 0. The van der Waals surface area contributed by atoms with Gasteiger partial charge in [-0.05, 0) is 0 Å². The third-order valence-electron chi connectivity index (χ3n) is 0.0393. The first-order valence-corrected chi connectivity index (χ1v) is 8.53. The molecule has 0 heterocycles. The van der Waals surface area contributed by atoms with Crippen LogP contribution < -0.4 is 0 Å². The molecule has 0 spiro atoms. The number of rotatable bonds is 1. The van der Waals surface area contributed by atoms with Crippen molar-refractivity contribution in [3.8, 4) is 0 Å². The average molecular weight is 341 g/mol. The molecule has 0 saturated carbocycles. The van der Waals surface area contributed by atoms with E-state index in [1.54, 1.807) is 0 Å². The Labute approximate surface area is 39.1 Å². The normalized spacial score (nSPS) is 9.80. The van der Waals surface area contributed by atoms with E-state index in [0.29, 0.717) is 0 Å². The van der Waals surface area contributed by atoms with Gasteiger partial charge in [-0.15, -0.1) is 0 Å². The van der Waals surface area contributed by atoms with Gasteiger partial charge in [-0.2, -0.15) is 0 Å². The van der Waals surface area contributed by atoms with E-state index >= 15 is 0 Å². The monoisotopic (exact) mass is 343 g/mol. The van der Waals surface area contributed by atoms with Gasteiger partial charge in [0.05, 0.1) is 0 Å². The van der Waals surface area contributed by atoms with Crippen molar-refractivity contribution < 1.29 is 39.0 Å².